The summed E-state index contributed by atoms with van der Waals surface area (Å²) in [5.74, 6) is 2.78. The second-order valence-electron chi connectivity index (χ2n) is 14.5. The lowest BCUT2D eigenvalue weighted by atomic mass is 9.73. The van der Waals surface area contributed by atoms with E-state index in [0.717, 1.165) is 54.8 Å². The van der Waals surface area contributed by atoms with Crippen LogP contribution in [0.15, 0.2) is 43.1 Å². The number of amides is 1. The Balaban J connectivity index is 1.68. The van der Waals surface area contributed by atoms with Crippen LogP contribution in [0, 0.1) is 29.1 Å². The van der Waals surface area contributed by atoms with Gasteiger partial charge in [0, 0.05) is 37.3 Å². The van der Waals surface area contributed by atoms with Gasteiger partial charge in [0.2, 0.25) is 5.91 Å². The first-order valence-electron chi connectivity index (χ1n) is 16.0. The molecule has 8 heteroatoms. The summed E-state index contributed by atoms with van der Waals surface area (Å²) in [7, 11) is 1.69. The quantitative estimate of drug-likeness (QED) is 0.233. The van der Waals surface area contributed by atoms with Crippen molar-refractivity contribution in [2.45, 2.75) is 79.4 Å². The van der Waals surface area contributed by atoms with Crippen molar-refractivity contribution in [1.82, 2.24) is 25.4 Å². The van der Waals surface area contributed by atoms with E-state index in [2.05, 4.69) is 93.8 Å². The van der Waals surface area contributed by atoms with Crippen molar-refractivity contribution in [2.75, 3.05) is 33.3 Å². The van der Waals surface area contributed by atoms with Crippen molar-refractivity contribution >= 4 is 34.1 Å². The molecule has 3 aliphatic rings. The predicted octanol–water partition coefficient (Wildman–Crippen LogP) is 6.20. The molecule has 1 amide bonds. The molecule has 3 fully saturated rings. The van der Waals surface area contributed by atoms with Crippen molar-refractivity contribution in [1.29, 1.82) is 0 Å². The topological polar surface area (TPSA) is 69.7 Å². The molecule has 5 rings (SSSR count). The van der Waals surface area contributed by atoms with E-state index in [1.807, 2.05) is 23.2 Å². The van der Waals surface area contributed by atoms with E-state index in [9.17, 15) is 4.79 Å². The minimum Gasteiger partial charge on any atom is -0.497 e. The molecule has 3 aliphatic heterocycles. The van der Waals surface area contributed by atoms with E-state index in [0.29, 0.717) is 28.8 Å². The van der Waals surface area contributed by atoms with Crippen LogP contribution in [0.2, 0.25) is 0 Å². The van der Waals surface area contributed by atoms with E-state index in [-0.39, 0.29) is 23.4 Å². The average Bonchev–Trinajstić information content (AvgIpc) is 2.96. The number of hydrogen-bond acceptors (Lipinski definition) is 5. The van der Waals surface area contributed by atoms with Gasteiger partial charge in [-0.05, 0) is 90.5 Å². The van der Waals surface area contributed by atoms with Gasteiger partial charge in [-0.15, -0.1) is 6.58 Å². The molecule has 4 heterocycles. The Bertz CT molecular complexity index is 1280. The van der Waals surface area contributed by atoms with Gasteiger partial charge in [0.05, 0.1) is 18.7 Å². The Labute approximate surface area is 264 Å². The molecular weight excluding hydrogens is 554 g/mol. The third-order valence-corrected chi connectivity index (χ3v) is 9.25. The number of carbonyl (C=O) groups is 1. The summed E-state index contributed by atoms with van der Waals surface area (Å²) in [6.45, 7) is 22.6. The van der Waals surface area contributed by atoms with Crippen molar-refractivity contribution in [2.24, 2.45) is 29.1 Å². The van der Waals surface area contributed by atoms with Gasteiger partial charge in [-0.2, -0.15) is 0 Å². The van der Waals surface area contributed by atoms with Crippen molar-refractivity contribution in [3.05, 3.63) is 48.7 Å². The predicted molar refractivity (Wildman–Crippen MR) is 181 cm³/mol. The standard InChI is InChI=1S/C35H53N5O2S/c1-10-24-21-39-16-14-25(24)17-30(39)31(27-13-15-36-29-12-11-26(42-9)18-28(27)29)37-34(43)38-32(35(6,7)8)33(41)40(19-22(2)3)20-23(4)5/h10-13,15,18,22-25,30-32H,1,14,16-17,19-21H2,2-9H3,(H2,37,38,43)/t24?,25?,30?,31-,32-/m0/s1. The molecule has 0 radical (unpaired) electrons. The van der Waals surface area contributed by atoms with Crippen LogP contribution >= 0.6 is 12.2 Å². The molecule has 6 atom stereocenters. The van der Waals surface area contributed by atoms with Gasteiger partial charge >= 0.3 is 0 Å². The van der Waals surface area contributed by atoms with Crippen LogP contribution in [0.3, 0.4) is 0 Å². The summed E-state index contributed by atoms with van der Waals surface area (Å²) in [4.78, 5) is 23.4. The third kappa shape index (κ3) is 7.88. The van der Waals surface area contributed by atoms with Gasteiger partial charge in [-0.1, -0.05) is 54.5 Å². The number of benzene rings is 1. The largest absolute Gasteiger partial charge is 0.497 e. The molecule has 4 unspecified atom stereocenters. The molecule has 1 aromatic carbocycles. The maximum Gasteiger partial charge on any atom is 0.245 e. The molecule has 1 aromatic heterocycles. The normalized spacial score (nSPS) is 23.2. The average molecular weight is 608 g/mol. The highest BCUT2D eigenvalue weighted by atomic mass is 32.1. The Morgan fingerprint density at radius 2 is 1.88 bits per heavy atom. The van der Waals surface area contributed by atoms with Crippen LogP contribution in [0.4, 0.5) is 0 Å². The fraction of sp³-hybridized carbons (Fsp3) is 0.629. The van der Waals surface area contributed by atoms with Crippen LogP contribution in [-0.2, 0) is 4.79 Å². The summed E-state index contributed by atoms with van der Waals surface area (Å²) in [6.07, 6.45) is 6.27. The number of carbonyl (C=O) groups excluding carboxylic acids is 1. The lowest BCUT2D eigenvalue weighted by Gasteiger charge is -2.52. The number of nitrogens with zero attached hydrogens (tertiary/aromatic N) is 3. The molecule has 236 valence electrons. The molecule has 0 saturated carbocycles. The number of rotatable bonds is 11. The zero-order valence-electron chi connectivity index (χ0n) is 27.5. The fourth-order valence-electron chi connectivity index (χ4n) is 6.93. The summed E-state index contributed by atoms with van der Waals surface area (Å²) < 4.78 is 5.61. The summed E-state index contributed by atoms with van der Waals surface area (Å²) in [5.41, 5.74) is 1.72. The molecule has 3 saturated heterocycles. The van der Waals surface area contributed by atoms with E-state index >= 15 is 0 Å². The molecule has 7 nitrogen and oxygen atoms in total. The summed E-state index contributed by atoms with van der Waals surface area (Å²) >= 11 is 6.06. The summed E-state index contributed by atoms with van der Waals surface area (Å²) in [6, 6.07) is 7.83. The minimum atomic E-state index is -0.465. The monoisotopic (exact) mass is 607 g/mol. The van der Waals surface area contributed by atoms with Crippen LogP contribution in [0.1, 0.15) is 72.9 Å². The molecule has 2 aromatic rings. The maximum absolute atomic E-state index is 14.1. The molecule has 0 spiro atoms. The van der Waals surface area contributed by atoms with Crippen LogP contribution in [0.25, 0.3) is 10.9 Å². The highest BCUT2D eigenvalue weighted by Crippen LogP contribution is 2.42. The second kappa shape index (κ2) is 13.9. The second-order valence-corrected chi connectivity index (χ2v) is 14.9. The van der Waals surface area contributed by atoms with Gasteiger partial charge < -0.3 is 20.3 Å². The highest BCUT2D eigenvalue weighted by Gasteiger charge is 2.43. The molecule has 2 N–H and O–H groups in total. The first kappa shape index (κ1) is 33.2. The number of aromatic nitrogens is 1. The number of ether oxygens (including phenoxy) is 1. The molecule has 43 heavy (non-hydrogen) atoms. The lowest BCUT2D eigenvalue weighted by molar-refractivity contribution is -0.136. The number of methoxy groups -OCH3 is 1. The van der Waals surface area contributed by atoms with Crippen LogP contribution in [-0.4, -0.2) is 71.2 Å². The fourth-order valence-corrected chi connectivity index (χ4v) is 7.18. The maximum atomic E-state index is 14.1. The first-order chi connectivity index (χ1) is 20.3. The van der Waals surface area contributed by atoms with Crippen molar-refractivity contribution in [3.8, 4) is 5.75 Å². The lowest BCUT2D eigenvalue weighted by Crippen LogP contribution is -2.60. The van der Waals surface area contributed by atoms with Crippen LogP contribution in [0.5, 0.6) is 5.75 Å². The van der Waals surface area contributed by atoms with Crippen molar-refractivity contribution < 1.29 is 9.53 Å². The smallest absolute Gasteiger partial charge is 0.245 e. The third-order valence-electron chi connectivity index (χ3n) is 9.01. The number of pyridine rings is 1. The van der Waals surface area contributed by atoms with Gasteiger partial charge in [0.1, 0.15) is 11.8 Å². The van der Waals surface area contributed by atoms with Gasteiger partial charge in [-0.3, -0.25) is 14.7 Å². The number of piperidine rings is 3. The van der Waals surface area contributed by atoms with Gasteiger partial charge in [0.25, 0.3) is 0 Å². The SMILES string of the molecule is C=CC1CN2CCC1CC2[C@@H](NC(=S)N[C@@H](C(=O)N(CC(C)C)CC(C)C)C(C)(C)C)c1ccnc2ccc(OC)cc12. The van der Waals surface area contributed by atoms with Crippen molar-refractivity contribution in [3.63, 3.8) is 0 Å². The summed E-state index contributed by atoms with van der Waals surface area (Å²) in [5, 5.41) is 8.81. The number of thiocarbonyl (C=S) groups is 1. The highest BCUT2D eigenvalue weighted by molar-refractivity contribution is 7.80. The van der Waals surface area contributed by atoms with E-state index in [4.69, 9.17) is 17.0 Å². The molecular formula is C35H53N5O2S. The minimum absolute atomic E-state index is 0.0932. The Morgan fingerprint density at radius 1 is 1.19 bits per heavy atom. The number of nitrogens with one attached hydrogen (secondary N) is 2. The van der Waals surface area contributed by atoms with E-state index in [1.165, 1.54) is 6.42 Å². The van der Waals surface area contributed by atoms with E-state index in [1.54, 1.807) is 7.11 Å². The Kier molecular flexibility index (Phi) is 10.8. The van der Waals surface area contributed by atoms with Crippen LogP contribution < -0.4 is 15.4 Å². The Morgan fingerprint density at radius 3 is 2.44 bits per heavy atom. The van der Waals surface area contributed by atoms with E-state index < -0.39 is 6.04 Å². The Hall–Kier alpha value is -2.71. The zero-order chi connectivity index (χ0) is 31.5. The molecule has 0 aliphatic carbocycles. The number of fused-ring (bicyclic) bond motifs is 4. The van der Waals surface area contributed by atoms with Gasteiger partial charge in [0.15, 0.2) is 5.11 Å². The van der Waals surface area contributed by atoms with Gasteiger partial charge in [-0.25, -0.2) is 0 Å². The first-order valence-corrected chi connectivity index (χ1v) is 16.4. The zero-order valence-corrected chi connectivity index (χ0v) is 28.3. The number of hydrogen-bond donors (Lipinski definition) is 2. The molecule has 2 bridgehead atoms.